The number of benzene rings is 2. The first-order chi connectivity index (χ1) is 13.8. The standard InChI is InChI=1S/C22H20F3N3O/c23-22(24,25)20-8-6-16(7-9-20)13-27-21(29)19-5-2-10-28(15-19)14-18-4-1-3-17(11-18)12-26/h1,3-9,11H,2,10,13-15H2,(H,27,29). The van der Waals surface area contributed by atoms with Crippen LogP contribution in [0.2, 0.25) is 0 Å². The van der Waals surface area contributed by atoms with Gasteiger partial charge in [-0.3, -0.25) is 9.69 Å². The van der Waals surface area contributed by atoms with E-state index in [1.165, 1.54) is 12.1 Å². The second-order valence-corrected chi connectivity index (χ2v) is 6.92. The fourth-order valence-electron chi connectivity index (χ4n) is 3.21. The van der Waals surface area contributed by atoms with E-state index >= 15 is 0 Å². The Kier molecular flexibility index (Phi) is 6.35. The molecule has 150 valence electrons. The van der Waals surface area contributed by atoms with Gasteiger partial charge in [-0.15, -0.1) is 0 Å². The van der Waals surface area contributed by atoms with Crippen LogP contribution in [0.5, 0.6) is 0 Å². The molecule has 1 aliphatic rings. The number of alkyl halides is 3. The van der Waals surface area contributed by atoms with E-state index in [-0.39, 0.29) is 12.5 Å². The number of carbonyl (C=O) groups excluding carboxylic acids is 1. The van der Waals surface area contributed by atoms with Crippen molar-refractivity contribution in [3.8, 4) is 6.07 Å². The van der Waals surface area contributed by atoms with Crippen LogP contribution in [0.15, 0.2) is 60.2 Å². The number of halogens is 3. The molecule has 1 amide bonds. The Morgan fingerprint density at radius 3 is 2.59 bits per heavy atom. The monoisotopic (exact) mass is 399 g/mol. The van der Waals surface area contributed by atoms with Crippen molar-refractivity contribution in [2.45, 2.75) is 25.7 Å². The van der Waals surface area contributed by atoms with E-state index in [2.05, 4.69) is 16.3 Å². The number of nitrogens with one attached hydrogen (secondary N) is 1. The fraction of sp³-hybridized carbons (Fsp3) is 0.273. The second-order valence-electron chi connectivity index (χ2n) is 6.92. The summed E-state index contributed by atoms with van der Waals surface area (Å²) in [6, 6.07) is 14.3. The van der Waals surface area contributed by atoms with Crippen molar-refractivity contribution in [2.24, 2.45) is 0 Å². The highest BCUT2D eigenvalue weighted by molar-refractivity contribution is 5.93. The highest BCUT2D eigenvalue weighted by Crippen LogP contribution is 2.29. The van der Waals surface area contributed by atoms with Crippen molar-refractivity contribution in [1.82, 2.24) is 10.2 Å². The van der Waals surface area contributed by atoms with Gasteiger partial charge in [0.25, 0.3) is 0 Å². The van der Waals surface area contributed by atoms with E-state index in [0.717, 1.165) is 30.7 Å². The van der Waals surface area contributed by atoms with Crippen molar-refractivity contribution in [3.63, 3.8) is 0 Å². The van der Waals surface area contributed by atoms with Gasteiger partial charge in [0, 0.05) is 31.8 Å². The van der Waals surface area contributed by atoms with Gasteiger partial charge in [-0.1, -0.05) is 30.3 Å². The minimum Gasteiger partial charge on any atom is -0.348 e. The lowest BCUT2D eigenvalue weighted by Gasteiger charge is -2.27. The molecule has 0 fully saturated rings. The molecule has 2 aromatic rings. The Hall–Kier alpha value is -3.11. The van der Waals surface area contributed by atoms with Crippen LogP contribution < -0.4 is 5.32 Å². The summed E-state index contributed by atoms with van der Waals surface area (Å²) in [6.45, 7) is 2.10. The third-order valence-electron chi connectivity index (χ3n) is 4.72. The van der Waals surface area contributed by atoms with Crippen molar-refractivity contribution in [2.75, 3.05) is 13.1 Å². The summed E-state index contributed by atoms with van der Waals surface area (Å²) in [5, 5.41) is 11.8. The predicted molar refractivity (Wildman–Crippen MR) is 102 cm³/mol. The molecule has 0 aliphatic carbocycles. The van der Waals surface area contributed by atoms with E-state index in [9.17, 15) is 18.0 Å². The normalized spacial score (nSPS) is 14.8. The van der Waals surface area contributed by atoms with Gasteiger partial charge in [-0.05, 0) is 41.8 Å². The predicted octanol–water partition coefficient (Wildman–Crippen LogP) is 4.03. The van der Waals surface area contributed by atoms with E-state index in [1.54, 1.807) is 6.07 Å². The highest BCUT2D eigenvalue weighted by Gasteiger charge is 2.29. The van der Waals surface area contributed by atoms with E-state index < -0.39 is 11.7 Å². The molecule has 3 rings (SSSR count). The van der Waals surface area contributed by atoms with Crippen molar-refractivity contribution in [1.29, 1.82) is 5.26 Å². The molecule has 1 aliphatic heterocycles. The first kappa shape index (κ1) is 20.6. The van der Waals surface area contributed by atoms with Crippen LogP contribution in [0.4, 0.5) is 13.2 Å². The van der Waals surface area contributed by atoms with Crippen LogP contribution >= 0.6 is 0 Å². The lowest BCUT2D eigenvalue weighted by atomic mass is 10.1. The Balaban J connectivity index is 1.54. The summed E-state index contributed by atoms with van der Waals surface area (Å²) < 4.78 is 37.8. The zero-order valence-corrected chi connectivity index (χ0v) is 15.7. The van der Waals surface area contributed by atoms with Gasteiger partial charge < -0.3 is 5.32 Å². The second kappa shape index (κ2) is 8.93. The maximum absolute atomic E-state index is 12.6. The molecule has 7 heteroatoms. The van der Waals surface area contributed by atoms with Crippen molar-refractivity contribution < 1.29 is 18.0 Å². The molecule has 4 nitrogen and oxygen atoms in total. The average Bonchev–Trinajstić information content (AvgIpc) is 2.72. The molecule has 2 aromatic carbocycles. The summed E-state index contributed by atoms with van der Waals surface area (Å²) in [5.74, 6) is -0.222. The summed E-state index contributed by atoms with van der Waals surface area (Å²) in [5.41, 5.74) is 2.14. The lowest BCUT2D eigenvalue weighted by Crippen LogP contribution is -2.36. The number of nitrogens with zero attached hydrogens (tertiary/aromatic N) is 2. The highest BCUT2D eigenvalue weighted by atomic mass is 19.4. The minimum atomic E-state index is -4.37. The lowest BCUT2D eigenvalue weighted by molar-refractivity contribution is -0.137. The Morgan fingerprint density at radius 1 is 1.14 bits per heavy atom. The first-order valence-electron chi connectivity index (χ1n) is 9.20. The number of hydrogen-bond acceptors (Lipinski definition) is 3. The first-order valence-corrected chi connectivity index (χ1v) is 9.20. The molecule has 0 aromatic heterocycles. The molecule has 0 spiro atoms. The SMILES string of the molecule is N#Cc1cccc(CN2CCC=C(C(=O)NCc3ccc(C(F)(F)F)cc3)C2)c1. The van der Waals surface area contributed by atoms with Gasteiger partial charge in [-0.2, -0.15) is 18.4 Å². The zero-order chi connectivity index (χ0) is 20.9. The average molecular weight is 399 g/mol. The van der Waals surface area contributed by atoms with Gasteiger partial charge in [0.15, 0.2) is 0 Å². The third kappa shape index (κ3) is 5.69. The van der Waals surface area contributed by atoms with Crippen LogP contribution in [0.1, 0.15) is 28.7 Å². The molecule has 0 saturated heterocycles. The number of amides is 1. The molecular formula is C22H20F3N3O. The maximum Gasteiger partial charge on any atom is 0.416 e. The molecule has 0 saturated carbocycles. The van der Waals surface area contributed by atoms with Crippen molar-refractivity contribution >= 4 is 5.91 Å². The smallest absolute Gasteiger partial charge is 0.348 e. The molecule has 0 unspecified atom stereocenters. The molecule has 1 N–H and O–H groups in total. The molecule has 29 heavy (non-hydrogen) atoms. The summed E-state index contributed by atoms with van der Waals surface area (Å²) in [6.07, 6.45) is -1.74. The minimum absolute atomic E-state index is 0.165. The van der Waals surface area contributed by atoms with Crippen molar-refractivity contribution in [3.05, 3.63) is 82.4 Å². The number of carbonyl (C=O) groups is 1. The Morgan fingerprint density at radius 2 is 1.90 bits per heavy atom. The van der Waals surface area contributed by atoms with Gasteiger partial charge in [-0.25, -0.2) is 0 Å². The number of hydrogen-bond donors (Lipinski definition) is 1. The summed E-state index contributed by atoms with van der Waals surface area (Å²) >= 11 is 0. The van der Waals surface area contributed by atoms with Crippen LogP contribution in [-0.4, -0.2) is 23.9 Å². The Bertz CT molecular complexity index is 943. The van der Waals surface area contributed by atoms with Crippen LogP contribution in [-0.2, 0) is 24.1 Å². The molecule has 0 radical (unpaired) electrons. The quantitative estimate of drug-likeness (QED) is 0.826. The van der Waals surface area contributed by atoms with Crippen LogP contribution in [0, 0.1) is 11.3 Å². The van der Waals surface area contributed by atoms with E-state index in [1.807, 2.05) is 24.3 Å². The third-order valence-corrected chi connectivity index (χ3v) is 4.72. The molecular weight excluding hydrogens is 379 g/mol. The van der Waals surface area contributed by atoms with Gasteiger partial charge in [0.2, 0.25) is 5.91 Å². The van der Waals surface area contributed by atoms with Gasteiger partial charge in [0.05, 0.1) is 17.2 Å². The summed E-state index contributed by atoms with van der Waals surface area (Å²) in [7, 11) is 0. The summed E-state index contributed by atoms with van der Waals surface area (Å²) in [4.78, 5) is 14.6. The maximum atomic E-state index is 12.6. The van der Waals surface area contributed by atoms with Crippen LogP contribution in [0.25, 0.3) is 0 Å². The van der Waals surface area contributed by atoms with Crippen LogP contribution in [0.3, 0.4) is 0 Å². The molecule has 0 atom stereocenters. The zero-order valence-electron chi connectivity index (χ0n) is 15.7. The largest absolute Gasteiger partial charge is 0.416 e. The fourth-order valence-corrected chi connectivity index (χ4v) is 3.21. The topological polar surface area (TPSA) is 56.1 Å². The Labute approximate surface area is 167 Å². The van der Waals surface area contributed by atoms with E-state index in [4.69, 9.17) is 5.26 Å². The van der Waals surface area contributed by atoms with E-state index in [0.29, 0.717) is 29.8 Å². The van der Waals surface area contributed by atoms with Gasteiger partial charge in [0.1, 0.15) is 0 Å². The molecule has 1 heterocycles. The number of nitriles is 1. The van der Waals surface area contributed by atoms with Gasteiger partial charge >= 0.3 is 6.18 Å². The molecule has 0 bridgehead atoms. The number of rotatable bonds is 5.